The van der Waals surface area contributed by atoms with Gasteiger partial charge in [-0.05, 0) is 23.8 Å². The van der Waals surface area contributed by atoms with Crippen LogP contribution in [0.4, 0.5) is 5.69 Å². The minimum Gasteiger partial charge on any atom is -0.448 e. The molecule has 0 aliphatic heterocycles. The number of pyridine rings is 1. The van der Waals surface area contributed by atoms with Crippen LogP contribution in [0.2, 0.25) is 0 Å². The van der Waals surface area contributed by atoms with Crippen molar-refractivity contribution in [1.82, 2.24) is 4.98 Å². The van der Waals surface area contributed by atoms with Gasteiger partial charge in [-0.3, -0.25) is 15.1 Å². The predicted molar refractivity (Wildman–Crippen MR) is 87.6 cm³/mol. The van der Waals surface area contributed by atoms with Crippen LogP contribution in [0.1, 0.15) is 5.56 Å². The summed E-state index contributed by atoms with van der Waals surface area (Å²) in [6, 6.07) is 17.3. The van der Waals surface area contributed by atoms with Crippen LogP contribution >= 0.6 is 0 Å². The second kappa shape index (κ2) is 6.58. The molecule has 0 aliphatic carbocycles. The van der Waals surface area contributed by atoms with Crippen LogP contribution in [0.5, 0.6) is 11.5 Å². The highest BCUT2D eigenvalue weighted by Crippen LogP contribution is 2.33. The molecule has 1 aromatic heterocycles. The van der Waals surface area contributed by atoms with Crippen molar-refractivity contribution in [3.8, 4) is 28.7 Å². The summed E-state index contributed by atoms with van der Waals surface area (Å²) >= 11 is 0. The zero-order chi connectivity index (χ0) is 16.9. The largest absolute Gasteiger partial charge is 0.448 e. The molecular weight excluding hydrogens is 306 g/mol. The Bertz CT molecular complexity index is 934. The first-order valence-corrected chi connectivity index (χ1v) is 7.04. The fraction of sp³-hybridized carbons (Fsp3) is 0. The van der Waals surface area contributed by atoms with Crippen molar-refractivity contribution in [2.45, 2.75) is 0 Å². The standard InChI is InChI=1S/C18H11N3O3/c19-10-13-6-7-18(17(8-13)21(22)23)24-16-9-15(11-20-12-16)14-4-2-1-3-5-14/h1-9,11-12H. The molecule has 116 valence electrons. The molecular formula is C18H11N3O3. The van der Waals surface area contributed by atoms with E-state index in [1.54, 1.807) is 12.3 Å². The molecule has 0 spiro atoms. The molecule has 0 N–H and O–H groups in total. The third-order valence-electron chi connectivity index (χ3n) is 3.33. The van der Waals surface area contributed by atoms with Crippen molar-refractivity contribution in [3.63, 3.8) is 0 Å². The van der Waals surface area contributed by atoms with Gasteiger partial charge in [0, 0.05) is 17.8 Å². The van der Waals surface area contributed by atoms with Crippen LogP contribution in [-0.4, -0.2) is 9.91 Å². The third-order valence-corrected chi connectivity index (χ3v) is 3.33. The van der Waals surface area contributed by atoms with E-state index < -0.39 is 4.92 Å². The highest BCUT2D eigenvalue weighted by atomic mass is 16.6. The van der Waals surface area contributed by atoms with Crippen molar-refractivity contribution < 1.29 is 9.66 Å². The second-order valence-electron chi connectivity index (χ2n) is 4.93. The summed E-state index contributed by atoms with van der Waals surface area (Å²) in [6.45, 7) is 0. The van der Waals surface area contributed by atoms with E-state index in [1.807, 2.05) is 36.4 Å². The van der Waals surface area contributed by atoms with Crippen LogP contribution in [0, 0.1) is 21.4 Å². The summed E-state index contributed by atoms with van der Waals surface area (Å²) in [7, 11) is 0. The molecule has 6 heteroatoms. The van der Waals surface area contributed by atoms with E-state index in [0.717, 1.165) is 11.1 Å². The fourth-order valence-corrected chi connectivity index (χ4v) is 2.21. The lowest BCUT2D eigenvalue weighted by atomic mass is 10.1. The summed E-state index contributed by atoms with van der Waals surface area (Å²) < 4.78 is 5.62. The first-order valence-electron chi connectivity index (χ1n) is 7.04. The molecule has 0 saturated heterocycles. The average Bonchev–Trinajstić information content (AvgIpc) is 2.63. The lowest BCUT2D eigenvalue weighted by Gasteiger charge is -2.08. The van der Waals surface area contributed by atoms with Gasteiger partial charge in [0.25, 0.3) is 0 Å². The molecule has 1 heterocycles. The van der Waals surface area contributed by atoms with E-state index in [4.69, 9.17) is 10.00 Å². The van der Waals surface area contributed by atoms with Crippen LogP contribution in [0.3, 0.4) is 0 Å². The predicted octanol–water partition coefficient (Wildman–Crippen LogP) is 4.32. The van der Waals surface area contributed by atoms with Gasteiger partial charge in [0.15, 0.2) is 0 Å². The number of rotatable bonds is 4. The third kappa shape index (κ3) is 3.20. The molecule has 0 unspecified atom stereocenters. The zero-order valence-corrected chi connectivity index (χ0v) is 12.4. The van der Waals surface area contributed by atoms with E-state index in [9.17, 15) is 10.1 Å². The van der Waals surface area contributed by atoms with Crippen LogP contribution in [0.15, 0.2) is 67.0 Å². The Hall–Kier alpha value is -3.72. The van der Waals surface area contributed by atoms with Gasteiger partial charge in [-0.1, -0.05) is 30.3 Å². The monoisotopic (exact) mass is 317 g/mol. The van der Waals surface area contributed by atoms with Crippen LogP contribution in [0.25, 0.3) is 11.1 Å². The number of nitrogens with zero attached hydrogens (tertiary/aromatic N) is 3. The molecule has 0 amide bonds. The highest BCUT2D eigenvalue weighted by Gasteiger charge is 2.17. The van der Waals surface area contributed by atoms with Crippen molar-refractivity contribution in [2.75, 3.05) is 0 Å². The molecule has 6 nitrogen and oxygen atoms in total. The Kier molecular flexibility index (Phi) is 4.17. The summed E-state index contributed by atoms with van der Waals surface area (Å²) in [5, 5.41) is 20.0. The van der Waals surface area contributed by atoms with Gasteiger partial charge in [0.05, 0.1) is 22.8 Å². The maximum atomic E-state index is 11.2. The van der Waals surface area contributed by atoms with Gasteiger partial charge in [-0.2, -0.15) is 5.26 Å². The first kappa shape index (κ1) is 15.2. The smallest absolute Gasteiger partial charge is 0.312 e. The number of nitriles is 1. The maximum Gasteiger partial charge on any atom is 0.312 e. The number of nitro groups is 1. The Morgan fingerprint density at radius 2 is 1.83 bits per heavy atom. The van der Waals surface area contributed by atoms with Gasteiger partial charge >= 0.3 is 5.69 Å². The number of nitro benzene ring substituents is 1. The summed E-state index contributed by atoms with van der Waals surface area (Å²) in [5.41, 5.74) is 1.73. The van der Waals surface area contributed by atoms with E-state index >= 15 is 0 Å². The molecule has 0 radical (unpaired) electrons. The summed E-state index contributed by atoms with van der Waals surface area (Å²) in [4.78, 5) is 14.7. The normalized spacial score (nSPS) is 9.96. The number of benzene rings is 2. The van der Waals surface area contributed by atoms with Gasteiger partial charge in [-0.15, -0.1) is 0 Å². The SMILES string of the molecule is N#Cc1ccc(Oc2cncc(-c3ccccc3)c2)c([N+](=O)[O-])c1. The second-order valence-corrected chi connectivity index (χ2v) is 4.93. The minimum absolute atomic E-state index is 0.0611. The van der Waals surface area contributed by atoms with Crippen molar-refractivity contribution in [2.24, 2.45) is 0 Å². The number of hydrogen-bond acceptors (Lipinski definition) is 5. The maximum absolute atomic E-state index is 11.2. The number of ether oxygens (including phenoxy) is 1. The Morgan fingerprint density at radius 3 is 2.54 bits per heavy atom. The van der Waals surface area contributed by atoms with Crippen LogP contribution in [-0.2, 0) is 0 Å². The van der Waals surface area contributed by atoms with Gasteiger partial charge in [0.2, 0.25) is 5.75 Å². The van der Waals surface area contributed by atoms with Crippen molar-refractivity contribution in [3.05, 3.63) is 82.7 Å². The van der Waals surface area contributed by atoms with E-state index in [-0.39, 0.29) is 17.0 Å². The fourth-order valence-electron chi connectivity index (χ4n) is 2.21. The Balaban J connectivity index is 1.95. The average molecular weight is 317 g/mol. The summed E-state index contributed by atoms with van der Waals surface area (Å²) in [5.74, 6) is 0.440. The highest BCUT2D eigenvalue weighted by molar-refractivity contribution is 5.64. The Labute approximate surface area is 137 Å². The van der Waals surface area contributed by atoms with Crippen LogP contribution < -0.4 is 4.74 Å². The van der Waals surface area contributed by atoms with Crippen molar-refractivity contribution in [1.29, 1.82) is 5.26 Å². The minimum atomic E-state index is -0.579. The summed E-state index contributed by atoms with van der Waals surface area (Å²) in [6.07, 6.45) is 3.17. The lowest BCUT2D eigenvalue weighted by molar-refractivity contribution is -0.385. The van der Waals surface area contributed by atoms with Gasteiger partial charge < -0.3 is 4.74 Å². The number of hydrogen-bond donors (Lipinski definition) is 0. The molecule has 0 saturated carbocycles. The van der Waals surface area contributed by atoms with E-state index in [1.165, 1.54) is 24.4 Å². The zero-order valence-electron chi connectivity index (χ0n) is 12.4. The molecule has 0 atom stereocenters. The molecule has 3 aromatic rings. The first-order chi connectivity index (χ1) is 11.7. The molecule has 0 fully saturated rings. The molecule has 3 rings (SSSR count). The molecule has 0 aliphatic rings. The van der Waals surface area contributed by atoms with E-state index in [0.29, 0.717) is 5.75 Å². The molecule has 0 bridgehead atoms. The topological polar surface area (TPSA) is 89.0 Å². The Morgan fingerprint density at radius 1 is 1.04 bits per heavy atom. The molecule has 24 heavy (non-hydrogen) atoms. The van der Waals surface area contributed by atoms with E-state index in [2.05, 4.69) is 4.98 Å². The van der Waals surface area contributed by atoms with Gasteiger partial charge in [-0.25, -0.2) is 0 Å². The van der Waals surface area contributed by atoms with Gasteiger partial charge in [0.1, 0.15) is 5.75 Å². The quantitative estimate of drug-likeness (QED) is 0.528. The van der Waals surface area contributed by atoms with Crippen molar-refractivity contribution >= 4 is 5.69 Å². The molecule has 2 aromatic carbocycles. The lowest BCUT2D eigenvalue weighted by Crippen LogP contribution is -1.95. The number of aromatic nitrogens is 1.